The van der Waals surface area contributed by atoms with Crippen LogP contribution in [0.3, 0.4) is 0 Å². The van der Waals surface area contributed by atoms with E-state index in [0.717, 1.165) is 30.8 Å². The van der Waals surface area contributed by atoms with Gasteiger partial charge in [-0.2, -0.15) is 5.10 Å². The summed E-state index contributed by atoms with van der Waals surface area (Å²) in [5, 5.41) is 16.7. The van der Waals surface area contributed by atoms with E-state index in [1.54, 1.807) is 0 Å². The monoisotopic (exact) mass is 237 g/mol. The van der Waals surface area contributed by atoms with E-state index in [1.807, 2.05) is 18.7 Å². The van der Waals surface area contributed by atoms with Crippen LogP contribution in [0.15, 0.2) is 6.07 Å². The molecule has 1 aromatic rings. The van der Waals surface area contributed by atoms with Gasteiger partial charge in [0.15, 0.2) is 0 Å². The smallest absolute Gasteiger partial charge is 0.303 e. The third kappa shape index (κ3) is 2.85. The van der Waals surface area contributed by atoms with Gasteiger partial charge in [-0.05, 0) is 38.3 Å². The van der Waals surface area contributed by atoms with Gasteiger partial charge in [0.1, 0.15) is 0 Å². The number of nitrogens with zero attached hydrogens (tertiary/aromatic N) is 2. The van der Waals surface area contributed by atoms with Gasteiger partial charge < -0.3 is 10.4 Å². The molecule has 5 heteroatoms. The Morgan fingerprint density at radius 1 is 1.71 bits per heavy atom. The number of carboxylic acid groups (broad SMARTS) is 1. The minimum atomic E-state index is -0.701. The maximum atomic E-state index is 10.7. The number of aromatic nitrogens is 2. The zero-order valence-electron chi connectivity index (χ0n) is 10.3. The minimum absolute atomic E-state index is 0.202. The molecular weight excluding hydrogens is 218 g/mol. The Bertz CT molecular complexity index is 394. The van der Waals surface area contributed by atoms with Gasteiger partial charge in [-0.25, -0.2) is 0 Å². The largest absolute Gasteiger partial charge is 0.481 e. The predicted molar refractivity (Wildman–Crippen MR) is 63.7 cm³/mol. The standard InChI is InChI=1S/C12H19N3O2/c1-8-5-11(14-15(8)2)10-6-9(3-4-13-10)7-12(16)17/h5,9-10,13H,3-4,6-7H2,1-2H3,(H,16,17). The first-order chi connectivity index (χ1) is 8.06. The van der Waals surface area contributed by atoms with E-state index in [0.29, 0.717) is 0 Å². The fraction of sp³-hybridized carbons (Fsp3) is 0.667. The van der Waals surface area contributed by atoms with E-state index < -0.39 is 5.97 Å². The third-order valence-electron chi connectivity index (χ3n) is 3.47. The highest BCUT2D eigenvalue weighted by Gasteiger charge is 2.26. The Labute approximate surface area is 101 Å². The number of carbonyl (C=O) groups is 1. The van der Waals surface area contributed by atoms with Crippen LogP contribution in [0.5, 0.6) is 0 Å². The van der Waals surface area contributed by atoms with E-state index in [4.69, 9.17) is 5.11 Å². The summed E-state index contributed by atoms with van der Waals surface area (Å²) in [5.74, 6) is -0.436. The molecule has 1 aliphatic rings. The lowest BCUT2D eigenvalue weighted by atomic mass is 9.88. The third-order valence-corrected chi connectivity index (χ3v) is 3.47. The molecule has 17 heavy (non-hydrogen) atoms. The summed E-state index contributed by atoms with van der Waals surface area (Å²) < 4.78 is 1.86. The van der Waals surface area contributed by atoms with E-state index in [9.17, 15) is 4.79 Å². The first-order valence-corrected chi connectivity index (χ1v) is 6.02. The second-order valence-electron chi connectivity index (χ2n) is 4.83. The van der Waals surface area contributed by atoms with Crippen molar-refractivity contribution in [1.29, 1.82) is 0 Å². The van der Waals surface area contributed by atoms with Crippen LogP contribution in [0, 0.1) is 12.8 Å². The Balaban J connectivity index is 2.04. The predicted octanol–water partition coefficient (Wildman–Crippen LogP) is 1.24. The first-order valence-electron chi connectivity index (χ1n) is 6.02. The summed E-state index contributed by atoms with van der Waals surface area (Å²) in [4.78, 5) is 10.7. The van der Waals surface area contributed by atoms with Crippen molar-refractivity contribution in [3.8, 4) is 0 Å². The molecule has 0 bridgehead atoms. The van der Waals surface area contributed by atoms with E-state index in [2.05, 4.69) is 16.5 Å². The van der Waals surface area contributed by atoms with Gasteiger partial charge in [-0.15, -0.1) is 0 Å². The highest BCUT2D eigenvalue weighted by Crippen LogP contribution is 2.28. The number of nitrogens with one attached hydrogen (secondary N) is 1. The fourth-order valence-corrected chi connectivity index (χ4v) is 2.41. The molecule has 0 radical (unpaired) electrons. The van der Waals surface area contributed by atoms with Crippen LogP contribution in [0.2, 0.25) is 0 Å². The Morgan fingerprint density at radius 2 is 2.47 bits per heavy atom. The Morgan fingerprint density at radius 3 is 3.06 bits per heavy atom. The molecule has 0 saturated carbocycles. The van der Waals surface area contributed by atoms with E-state index in [1.165, 1.54) is 0 Å². The van der Waals surface area contributed by atoms with Crippen LogP contribution in [0.4, 0.5) is 0 Å². The summed E-state index contributed by atoms with van der Waals surface area (Å²) >= 11 is 0. The van der Waals surface area contributed by atoms with Crippen molar-refractivity contribution in [2.75, 3.05) is 6.54 Å². The maximum absolute atomic E-state index is 10.7. The molecule has 1 aliphatic heterocycles. The van der Waals surface area contributed by atoms with Gasteiger partial charge in [0.25, 0.3) is 0 Å². The quantitative estimate of drug-likeness (QED) is 0.830. The molecule has 2 unspecified atom stereocenters. The van der Waals surface area contributed by atoms with Crippen LogP contribution in [-0.2, 0) is 11.8 Å². The Hall–Kier alpha value is -1.36. The fourth-order valence-electron chi connectivity index (χ4n) is 2.41. The summed E-state index contributed by atoms with van der Waals surface area (Å²) in [6.45, 7) is 2.90. The molecule has 94 valence electrons. The van der Waals surface area contributed by atoms with Crippen LogP contribution >= 0.6 is 0 Å². The molecule has 2 heterocycles. The van der Waals surface area contributed by atoms with Gasteiger partial charge in [0, 0.05) is 19.2 Å². The molecule has 2 N–H and O–H groups in total. The van der Waals surface area contributed by atoms with Gasteiger partial charge >= 0.3 is 5.97 Å². The molecule has 2 rings (SSSR count). The van der Waals surface area contributed by atoms with Crippen molar-refractivity contribution >= 4 is 5.97 Å². The average molecular weight is 237 g/mol. The van der Waals surface area contributed by atoms with E-state index in [-0.39, 0.29) is 18.4 Å². The Kier molecular flexibility index (Phi) is 3.47. The number of piperidine rings is 1. The van der Waals surface area contributed by atoms with Crippen molar-refractivity contribution in [3.05, 3.63) is 17.5 Å². The van der Waals surface area contributed by atoms with Crippen molar-refractivity contribution in [3.63, 3.8) is 0 Å². The minimum Gasteiger partial charge on any atom is -0.481 e. The lowest BCUT2D eigenvalue weighted by Gasteiger charge is -2.28. The molecular formula is C12H19N3O2. The van der Waals surface area contributed by atoms with Crippen LogP contribution in [0.1, 0.15) is 36.7 Å². The first kappa shape index (κ1) is 12.1. The van der Waals surface area contributed by atoms with Crippen molar-refractivity contribution < 1.29 is 9.90 Å². The topological polar surface area (TPSA) is 67.2 Å². The molecule has 0 aliphatic carbocycles. The molecule has 5 nitrogen and oxygen atoms in total. The van der Waals surface area contributed by atoms with Crippen molar-refractivity contribution in [2.45, 2.75) is 32.2 Å². The van der Waals surface area contributed by atoms with Crippen LogP contribution < -0.4 is 5.32 Å². The van der Waals surface area contributed by atoms with Crippen molar-refractivity contribution in [1.82, 2.24) is 15.1 Å². The maximum Gasteiger partial charge on any atom is 0.303 e. The van der Waals surface area contributed by atoms with Gasteiger partial charge in [0.2, 0.25) is 0 Å². The molecule has 1 saturated heterocycles. The number of rotatable bonds is 3. The zero-order valence-corrected chi connectivity index (χ0v) is 10.3. The molecule has 1 fully saturated rings. The lowest BCUT2D eigenvalue weighted by molar-refractivity contribution is -0.138. The van der Waals surface area contributed by atoms with E-state index >= 15 is 0 Å². The second-order valence-corrected chi connectivity index (χ2v) is 4.83. The number of aryl methyl sites for hydroxylation is 2. The van der Waals surface area contributed by atoms with Crippen molar-refractivity contribution in [2.24, 2.45) is 13.0 Å². The second kappa shape index (κ2) is 4.87. The van der Waals surface area contributed by atoms with Gasteiger partial charge in [-0.1, -0.05) is 0 Å². The molecule has 2 atom stereocenters. The summed E-state index contributed by atoms with van der Waals surface area (Å²) in [6, 6.07) is 2.27. The molecule has 0 aromatic carbocycles. The number of carboxylic acids is 1. The molecule has 1 aromatic heterocycles. The zero-order chi connectivity index (χ0) is 12.4. The molecule has 0 spiro atoms. The highest BCUT2D eigenvalue weighted by atomic mass is 16.4. The number of hydrogen-bond acceptors (Lipinski definition) is 3. The van der Waals surface area contributed by atoms with Crippen LogP contribution in [0.25, 0.3) is 0 Å². The normalized spacial score (nSPS) is 24.8. The highest BCUT2D eigenvalue weighted by molar-refractivity contribution is 5.67. The lowest BCUT2D eigenvalue weighted by Crippen LogP contribution is -2.33. The van der Waals surface area contributed by atoms with Gasteiger partial charge in [-0.3, -0.25) is 9.48 Å². The van der Waals surface area contributed by atoms with Crippen LogP contribution in [-0.4, -0.2) is 27.4 Å². The molecule has 0 amide bonds. The number of hydrogen-bond donors (Lipinski definition) is 2. The number of aliphatic carboxylic acids is 1. The van der Waals surface area contributed by atoms with Gasteiger partial charge in [0.05, 0.1) is 11.7 Å². The summed E-state index contributed by atoms with van der Waals surface area (Å²) in [5.41, 5.74) is 2.15. The average Bonchev–Trinajstić information content (AvgIpc) is 2.59. The SMILES string of the molecule is Cc1cc(C2CC(CC(=O)O)CCN2)nn1C. The summed E-state index contributed by atoms with van der Waals surface area (Å²) in [7, 11) is 1.93. The summed E-state index contributed by atoms with van der Waals surface area (Å²) in [6.07, 6.45) is 2.07.